The van der Waals surface area contributed by atoms with Crippen molar-refractivity contribution in [2.75, 3.05) is 19.0 Å². The number of ether oxygens (including phenoxy) is 3. The Labute approximate surface area is 157 Å². The van der Waals surface area contributed by atoms with Gasteiger partial charge in [-0.15, -0.1) is 0 Å². The summed E-state index contributed by atoms with van der Waals surface area (Å²) < 4.78 is 15.5. The van der Waals surface area contributed by atoms with Crippen LogP contribution in [-0.2, 0) is 14.3 Å². The number of hydrogen-bond donors (Lipinski definition) is 1. The van der Waals surface area contributed by atoms with Crippen molar-refractivity contribution < 1.29 is 23.8 Å². The molecule has 0 saturated carbocycles. The van der Waals surface area contributed by atoms with Crippen LogP contribution in [-0.4, -0.2) is 31.7 Å². The summed E-state index contributed by atoms with van der Waals surface area (Å²) >= 11 is 5.99. The van der Waals surface area contributed by atoms with Gasteiger partial charge in [0, 0.05) is 5.69 Å². The van der Waals surface area contributed by atoms with Crippen molar-refractivity contribution in [3.63, 3.8) is 0 Å². The predicted molar refractivity (Wildman–Crippen MR) is 98.9 cm³/mol. The molecule has 2 rings (SSSR count). The Kier molecular flexibility index (Phi) is 6.86. The Morgan fingerprint density at radius 3 is 2.62 bits per heavy atom. The van der Waals surface area contributed by atoms with Crippen molar-refractivity contribution in [3.05, 3.63) is 53.1 Å². The second kappa shape index (κ2) is 9.10. The number of hydrogen-bond acceptors (Lipinski definition) is 5. The molecular formula is C19H20ClNO5. The Bertz CT molecular complexity index is 793. The lowest BCUT2D eigenvalue weighted by Gasteiger charge is -2.14. The first-order valence-electron chi connectivity index (χ1n) is 7.92. The van der Waals surface area contributed by atoms with Gasteiger partial charge < -0.3 is 19.5 Å². The van der Waals surface area contributed by atoms with Crippen LogP contribution in [0.25, 0.3) is 0 Å². The number of benzene rings is 2. The third kappa shape index (κ3) is 5.67. The number of carbonyl (C=O) groups is 2. The van der Waals surface area contributed by atoms with Gasteiger partial charge in [0.25, 0.3) is 5.91 Å². The lowest BCUT2D eigenvalue weighted by atomic mass is 10.2. The van der Waals surface area contributed by atoms with Gasteiger partial charge in [-0.2, -0.15) is 0 Å². The van der Waals surface area contributed by atoms with Crippen LogP contribution in [0.1, 0.15) is 12.5 Å². The minimum atomic E-state index is -0.833. The lowest BCUT2D eigenvalue weighted by molar-refractivity contribution is -0.153. The molecule has 26 heavy (non-hydrogen) atoms. The van der Waals surface area contributed by atoms with Gasteiger partial charge in [-0.1, -0.05) is 23.7 Å². The van der Waals surface area contributed by atoms with E-state index in [1.807, 2.05) is 25.1 Å². The summed E-state index contributed by atoms with van der Waals surface area (Å²) in [5.74, 6) is -0.0539. The zero-order chi connectivity index (χ0) is 19.1. The highest BCUT2D eigenvalue weighted by Gasteiger charge is 2.18. The van der Waals surface area contributed by atoms with Gasteiger partial charge in [0.05, 0.1) is 12.1 Å². The fraction of sp³-hybridized carbons (Fsp3) is 0.263. The van der Waals surface area contributed by atoms with Crippen molar-refractivity contribution in [3.8, 4) is 11.5 Å². The van der Waals surface area contributed by atoms with Crippen molar-refractivity contribution in [2.45, 2.75) is 20.0 Å². The molecule has 6 nitrogen and oxygen atoms in total. The lowest BCUT2D eigenvalue weighted by Crippen LogP contribution is -2.29. The van der Waals surface area contributed by atoms with Crippen LogP contribution < -0.4 is 14.8 Å². The molecule has 1 atom stereocenters. The van der Waals surface area contributed by atoms with Crippen LogP contribution in [0.5, 0.6) is 11.5 Å². The quantitative estimate of drug-likeness (QED) is 0.746. The zero-order valence-electron chi connectivity index (χ0n) is 14.7. The number of rotatable bonds is 7. The minimum Gasteiger partial charge on any atom is -0.495 e. The molecule has 0 spiro atoms. The van der Waals surface area contributed by atoms with Crippen molar-refractivity contribution in [1.82, 2.24) is 0 Å². The molecule has 0 saturated heterocycles. The summed E-state index contributed by atoms with van der Waals surface area (Å²) in [6, 6.07) is 12.1. The van der Waals surface area contributed by atoms with E-state index in [1.54, 1.807) is 31.2 Å². The van der Waals surface area contributed by atoms with Gasteiger partial charge in [0.15, 0.2) is 12.7 Å². The summed E-state index contributed by atoms with van der Waals surface area (Å²) in [4.78, 5) is 23.9. The average molecular weight is 378 g/mol. The average Bonchev–Trinajstić information content (AvgIpc) is 2.60. The van der Waals surface area contributed by atoms with Gasteiger partial charge in [-0.05, 0) is 49.7 Å². The Morgan fingerprint density at radius 1 is 1.19 bits per heavy atom. The van der Waals surface area contributed by atoms with E-state index in [0.717, 1.165) is 5.56 Å². The van der Waals surface area contributed by atoms with Gasteiger partial charge in [0.1, 0.15) is 11.5 Å². The number of aryl methyl sites for hydroxylation is 1. The molecule has 0 bridgehead atoms. The molecule has 1 amide bonds. The van der Waals surface area contributed by atoms with E-state index < -0.39 is 24.6 Å². The van der Waals surface area contributed by atoms with Gasteiger partial charge >= 0.3 is 5.97 Å². The molecule has 138 valence electrons. The smallest absolute Gasteiger partial charge is 0.347 e. The van der Waals surface area contributed by atoms with Crippen molar-refractivity contribution in [1.29, 1.82) is 0 Å². The number of halogens is 1. The SMILES string of the molecule is COc1ccc(NC(=O)COC(=O)[C@@H](C)Oc2cccc(C)c2)cc1Cl. The molecule has 0 aliphatic carbocycles. The van der Waals surface area contributed by atoms with E-state index >= 15 is 0 Å². The molecule has 0 unspecified atom stereocenters. The molecule has 7 heteroatoms. The fourth-order valence-corrected chi connectivity index (χ4v) is 2.39. The number of methoxy groups -OCH3 is 1. The first kappa shape index (κ1) is 19.6. The largest absolute Gasteiger partial charge is 0.495 e. The van der Waals surface area contributed by atoms with E-state index in [0.29, 0.717) is 22.2 Å². The summed E-state index contributed by atoms with van der Waals surface area (Å²) in [5, 5.41) is 2.95. The molecule has 0 aliphatic heterocycles. The number of anilines is 1. The molecule has 0 heterocycles. The van der Waals surface area contributed by atoms with E-state index in [9.17, 15) is 9.59 Å². The standard InChI is InChI=1S/C19H20ClNO5/c1-12-5-4-6-15(9-12)26-13(2)19(23)25-11-18(22)21-14-7-8-17(24-3)16(20)10-14/h4-10,13H,11H2,1-3H3,(H,21,22)/t13-/m1/s1. The second-order valence-corrected chi connectivity index (χ2v) is 5.99. The normalized spacial score (nSPS) is 11.4. The number of nitrogens with one attached hydrogen (secondary N) is 1. The first-order chi connectivity index (χ1) is 12.4. The fourth-order valence-electron chi connectivity index (χ4n) is 2.14. The van der Waals surface area contributed by atoms with Gasteiger partial charge in [-0.25, -0.2) is 4.79 Å². The topological polar surface area (TPSA) is 73.9 Å². The van der Waals surface area contributed by atoms with Crippen LogP contribution in [0.3, 0.4) is 0 Å². The molecular weight excluding hydrogens is 358 g/mol. The van der Waals surface area contributed by atoms with Crippen molar-refractivity contribution >= 4 is 29.2 Å². The highest BCUT2D eigenvalue weighted by Crippen LogP contribution is 2.27. The summed E-state index contributed by atoms with van der Waals surface area (Å²) in [7, 11) is 1.50. The predicted octanol–water partition coefficient (Wildman–Crippen LogP) is 3.61. The van der Waals surface area contributed by atoms with Crippen LogP contribution in [0, 0.1) is 6.92 Å². The highest BCUT2D eigenvalue weighted by atomic mass is 35.5. The van der Waals surface area contributed by atoms with Crippen molar-refractivity contribution in [2.24, 2.45) is 0 Å². The number of esters is 1. The Balaban J connectivity index is 1.82. The Morgan fingerprint density at radius 2 is 1.96 bits per heavy atom. The third-order valence-electron chi connectivity index (χ3n) is 3.42. The van der Waals surface area contributed by atoms with Crippen LogP contribution in [0.4, 0.5) is 5.69 Å². The molecule has 0 fully saturated rings. The van der Waals surface area contributed by atoms with E-state index in [-0.39, 0.29) is 0 Å². The van der Waals surface area contributed by atoms with E-state index in [2.05, 4.69) is 5.32 Å². The summed E-state index contributed by atoms with van der Waals surface area (Å²) in [6.07, 6.45) is -0.833. The maximum absolute atomic E-state index is 12.0. The van der Waals surface area contributed by atoms with Gasteiger partial charge in [0.2, 0.25) is 0 Å². The highest BCUT2D eigenvalue weighted by molar-refractivity contribution is 6.32. The first-order valence-corrected chi connectivity index (χ1v) is 8.30. The third-order valence-corrected chi connectivity index (χ3v) is 3.71. The maximum atomic E-state index is 12.0. The molecule has 1 N–H and O–H groups in total. The minimum absolute atomic E-state index is 0.363. The number of carbonyl (C=O) groups excluding carboxylic acids is 2. The second-order valence-electron chi connectivity index (χ2n) is 5.58. The van der Waals surface area contributed by atoms with E-state index in [4.69, 9.17) is 25.8 Å². The molecule has 0 aliphatic rings. The monoisotopic (exact) mass is 377 g/mol. The molecule has 2 aromatic carbocycles. The molecule has 2 aromatic rings. The summed E-state index contributed by atoms with van der Waals surface area (Å²) in [6.45, 7) is 3.06. The van der Waals surface area contributed by atoms with Crippen LogP contribution in [0.15, 0.2) is 42.5 Å². The van der Waals surface area contributed by atoms with Crippen LogP contribution >= 0.6 is 11.6 Å². The number of amides is 1. The molecule has 0 radical (unpaired) electrons. The molecule has 0 aromatic heterocycles. The van der Waals surface area contributed by atoms with E-state index in [1.165, 1.54) is 7.11 Å². The van der Waals surface area contributed by atoms with Gasteiger partial charge in [-0.3, -0.25) is 4.79 Å². The van der Waals surface area contributed by atoms with Crippen LogP contribution in [0.2, 0.25) is 5.02 Å². The summed E-state index contributed by atoms with van der Waals surface area (Å²) in [5.41, 5.74) is 1.49. The zero-order valence-corrected chi connectivity index (χ0v) is 15.5. The Hall–Kier alpha value is -2.73. The maximum Gasteiger partial charge on any atom is 0.347 e.